The van der Waals surface area contributed by atoms with E-state index in [-0.39, 0.29) is 18.1 Å². The van der Waals surface area contributed by atoms with Gasteiger partial charge in [0, 0.05) is 16.6 Å². The first-order valence-electron chi connectivity index (χ1n) is 9.91. The van der Waals surface area contributed by atoms with Crippen molar-refractivity contribution in [1.82, 2.24) is 9.97 Å². The Hall–Kier alpha value is -4.15. The summed E-state index contributed by atoms with van der Waals surface area (Å²) in [6.45, 7) is 1.86. The Morgan fingerprint density at radius 3 is 2.79 bits per heavy atom. The van der Waals surface area contributed by atoms with E-state index < -0.39 is 0 Å². The highest BCUT2D eigenvalue weighted by molar-refractivity contribution is 6.32. The second-order valence-electron chi connectivity index (χ2n) is 6.97. The molecule has 0 aliphatic carbocycles. The van der Waals surface area contributed by atoms with E-state index in [1.54, 1.807) is 55.5 Å². The molecule has 4 aromatic rings. The first-order chi connectivity index (χ1) is 16.1. The van der Waals surface area contributed by atoms with E-state index >= 15 is 0 Å². The second kappa shape index (κ2) is 9.98. The smallest absolute Gasteiger partial charge is 0.159 e. The maximum atomic E-state index is 13.3. The normalized spacial score (nSPS) is 11.1. The second-order valence-corrected chi connectivity index (χ2v) is 7.37. The van der Waals surface area contributed by atoms with Crippen LogP contribution in [-0.4, -0.2) is 20.9 Å². The van der Waals surface area contributed by atoms with Crippen molar-refractivity contribution in [2.24, 2.45) is 5.16 Å². The Bertz CT molecular complexity index is 1410. The molecule has 8 heteroatoms. The average molecular weight is 461 g/mol. The highest BCUT2D eigenvalue weighted by Crippen LogP contribution is 2.31. The quantitative estimate of drug-likeness (QED) is 0.161. The van der Waals surface area contributed by atoms with Crippen molar-refractivity contribution >= 4 is 39.7 Å². The maximum Gasteiger partial charge on any atom is 0.159 e. The van der Waals surface area contributed by atoms with E-state index in [0.29, 0.717) is 38.9 Å². The molecule has 0 fully saturated rings. The number of oxime groups is 1. The number of hydrogen-bond acceptors (Lipinski definition) is 6. The number of hydrogen-bond donors (Lipinski definition) is 2. The summed E-state index contributed by atoms with van der Waals surface area (Å²) >= 11 is 6.40. The van der Waals surface area contributed by atoms with Crippen LogP contribution in [0.3, 0.4) is 0 Å². The fourth-order valence-electron chi connectivity index (χ4n) is 3.20. The third kappa shape index (κ3) is 5.20. The van der Waals surface area contributed by atoms with Crippen LogP contribution >= 0.6 is 11.6 Å². The van der Waals surface area contributed by atoms with Crippen molar-refractivity contribution in [3.8, 4) is 17.6 Å². The van der Waals surface area contributed by atoms with Crippen LogP contribution in [0, 0.1) is 17.7 Å². The van der Waals surface area contributed by atoms with Crippen LogP contribution in [0.2, 0.25) is 5.02 Å². The van der Waals surface area contributed by atoms with E-state index in [4.69, 9.17) is 16.3 Å². The predicted octanol–water partition coefficient (Wildman–Crippen LogP) is 5.95. The third-order valence-corrected chi connectivity index (χ3v) is 5.03. The van der Waals surface area contributed by atoms with Crippen molar-refractivity contribution in [1.29, 1.82) is 0 Å². The van der Waals surface area contributed by atoms with Crippen molar-refractivity contribution in [2.75, 3.05) is 5.32 Å². The molecular weight excluding hydrogens is 443 g/mol. The molecule has 4 rings (SSSR count). The largest absolute Gasteiger partial charge is 0.487 e. The molecule has 1 heterocycles. The summed E-state index contributed by atoms with van der Waals surface area (Å²) in [7, 11) is 0. The fraction of sp³-hybridized carbons (Fsp3) is 0.0800. The van der Waals surface area contributed by atoms with Crippen LogP contribution in [0.25, 0.3) is 10.9 Å². The van der Waals surface area contributed by atoms with Crippen molar-refractivity contribution in [2.45, 2.75) is 13.5 Å². The molecule has 3 aromatic carbocycles. The fourth-order valence-corrected chi connectivity index (χ4v) is 3.43. The Kier molecular flexibility index (Phi) is 6.67. The molecule has 1 aromatic heterocycles. The minimum absolute atomic E-state index is 0.193. The lowest BCUT2D eigenvalue weighted by molar-refractivity contribution is 0.306. The zero-order chi connectivity index (χ0) is 23.2. The first kappa shape index (κ1) is 22.1. The van der Waals surface area contributed by atoms with Gasteiger partial charge in [0.2, 0.25) is 0 Å². The Labute approximate surface area is 194 Å². The lowest BCUT2D eigenvalue weighted by Crippen LogP contribution is -2.01. The number of nitrogens with one attached hydrogen (secondary N) is 1. The van der Waals surface area contributed by atoms with Gasteiger partial charge in [-0.3, -0.25) is 0 Å². The molecule has 0 radical (unpaired) electrons. The number of anilines is 2. The molecule has 0 amide bonds. The summed E-state index contributed by atoms with van der Waals surface area (Å²) in [5.74, 6) is 6.19. The molecule has 0 aliphatic rings. The third-order valence-electron chi connectivity index (χ3n) is 4.73. The SMILES string of the molecule is CC#C/C(=N\O)c1ccc2ncnc(Nc3ccc(OCc4cccc(F)c4)c(Cl)c3)c2c1. The number of aromatic nitrogens is 2. The van der Waals surface area contributed by atoms with Crippen molar-refractivity contribution in [3.05, 3.63) is 89.0 Å². The van der Waals surface area contributed by atoms with E-state index in [0.717, 1.165) is 5.39 Å². The van der Waals surface area contributed by atoms with Gasteiger partial charge in [-0.25, -0.2) is 14.4 Å². The number of ether oxygens (including phenoxy) is 1. The molecular formula is C25H18ClFN4O2. The summed E-state index contributed by atoms with van der Waals surface area (Å²) in [5.41, 5.74) is 2.98. The highest BCUT2D eigenvalue weighted by Gasteiger charge is 2.10. The molecule has 0 atom stereocenters. The van der Waals surface area contributed by atoms with Gasteiger partial charge >= 0.3 is 0 Å². The van der Waals surface area contributed by atoms with Gasteiger partial charge in [0.1, 0.15) is 30.3 Å². The van der Waals surface area contributed by atoms with E-state index in [1.807, 2.05) is 0 Å². The molecule has 33 heavy (non-hydrogen) atoms. The number of fused-ring (bicyclic) bond motifs is 1. The monoisotopic (exact) mass is 460 g/mol. The topological polar surface area (TPSA) is 79.6 Å². The standard InChI is InChI=1S/C25H18ClFN4O2/c1-2-4-22(31-32)17-7-9-23-20(12-17)25(29-15-28-23)30-19-8-10-24(21(26)13-19)33-14-16-5-3-6-18(27)11-16/h3,5-13,15,32H,14H2,1H3,(H,28,29,30)/b31-22+. The minimum Gasteiger partial charge on any atom is -0.487 e. The minimum atomic E-state index is -0.318. The number of nitrogens with zero attached hydrogens (tertiary/aromatic N) is 3. The molecule has 164 valence electrons. The average Bonchev–Trinajstić information content (AvgIpc) is 2.82. The van der Waals surface area contributed by atoms with Gasteiger partial charge in [0.05, 0.1) is 10.5 Å². The summed E-state index contributed by atoms with van der Waals surface area (Å²) in [4.78, 5) is 8.62. The van der Waals surface area contributed by atoms with Crippen molar-refractivity contribution in [3.63, 3.8) is 0 Å². The van der Waals surface area contributed by atoms with Crippen LogP contribution in [0.15, 0.2) is 72.1 Å². The van der Waals surface area contributed by atoms with Crippen LogP contribution in [-0.2, 0) is 6.61 Å². The molecule has 2 N–H and O–H groups in total. The van der Waals surface area contributed by atoms with E-state index in [1.165, 1.54) is 18.5 Å². The first-order valence-corrected chi connectivity index (χ1v) is 10.3. The van der Waals surface area contributed by atoms with Gasteiger partial charge in [0.15, 0.2) is 5.71 Å². The van der Waals surface area contributed by atoms with Crippen LogP contribution in [0.1, 0.15) is 18.1 Å². The summed E-state index contributed by atoms with van der Waals surface area (Å²) in [6, 6.07) is 16.8. The summed E-state index contributed by atoms with van der Waals surface area (Å²) < 4.78 is 19.1. The van der Waals surface area contributed by atoms with Crippen LogP contribution in [0.5, 0.6) is 5.75 Å². The van der Waals surface area contributed by atoms with Crippen LogP contribution in [0.4, 0.5) is 15.9 Å². The Morgan fingerprint density at radius 2 is 2.03 bits per heavy atom. The van der Waals surface area contributed by atoms with E-state index in [2.05, 4.69) is 32.3 Å². The predicted molar refractivity (Wildman–Crippen MR) is 127 cm³/mol. The lowest BCUT2D eigenvalue weighted by Gasteiger charge is -2.12. The zero-order valence-electron chi connectivity index (χ0n) is 17.5. The molecule has 0 spiro atoms. The number of halogens is 2. The molecule has 0 saturated carbocycles. The van der Waals surface area contributed by atoms with Gasteiger partial charge in [0.25, 0.3) is 0 Å². The van der Waals surface area contributed by atoms with Crippen molar-refractivity contribution < 1.29 is 14.3 Å². The highest BCUT2D eigenvalue weighted by atomic mass is 35.5. The van der Waals surface area contributed by atoms with Gasteiger partial charge in [-0.05, 0) is 66.9 Å². The molecule has 6 nitrogen and oxygen atoms in total. The van der Waals surface area contributed by atoms with Crippen LogP contribution < -0.4 is 10.1 Å². The summed E-state index contributed by atoms with van der Waals surface area (Å²) in [5, 5.41) is 16.9. The van der Waals surface area contributed by atoms with Gasteiger partial charge < -0.3 is 15.3 Å². The van der Waals surface area contributed by atoms with Gasteiger partial charge in [-0.1, -0.05) is 34.8 Å². The Morgan fingerprint density at radius 1 is 1.15 bits per heavy atom. The number of rotatable bonds is 6. The Balaban J connectivity index is 1.57. The molecule has 0 bridgehead atoms. The van der Waals surface area contributed by atoms with Gasteiger partial charge in [-0.15, -0.1) is 0 Å². The zero-order valence-corrected chi connectivity index (χ0v) is 18.3. The molecule has 0 saturated heterocycles. The molecule has 0 aliphatic heterocycles. The molecule has 0 unspecified atom stereocenters. The maximum absolute atomic E-state index is 13.3. The van der Waals surface area contributed by atoms with Gasteiger partial charge in [-0.2, -0.15) is 0 Å². The van der Waals surface area contributed by atoms with E-state index in [9.17, 15) is 9.60 Å². The summed E-state index contributed by atoms with van der Waals surface area (Å²) in [6.07, 6.45) is 1.45. The lowest BCUT2D eigenvalue weighted by atomic mass is 10.1. The number of benzene rings is 3.